The monoisotopic (exact) mass is 850 g/mol. The molecule has 0 aliphatic heterocycles. The van der Waals surface area contributed by atoms with E-state index in [1.165, 1.54) is 47.0 Å². The highest BCUT2D eigenvalue weighted by molar-refractivity contribution is 8.30. The number of rotatable bonds is 35. The lowest BCUT2D eigenvalue weighted by molar-refractivity contribution is -0.274. The molecule has 0 fully saturated rings. The number of hydrogen-bond acceptors (Lipinski definition) is 20. The van der Waals surface area contributed by atoms with Crippen LogP contribution >= 0.6 is 141 Å². The molecule has 0 radical (unpaired) electrons. The number of esters is 1. The van der Waals surface area contributed by atoms with Crippen molar-refractivity contribution in [3.8, 4) is 0 Å². The van der Waals surface area contributed by atoms with E-state index in [4.69, 9.17) is 24.7 Å². The van der Waals surface area contributed by atoms with Gasteiger partial charge in [-0.3, -0.25) is 9.59 Å². The molecular formula is C22H42O8S13. The molecule has 256 valence electrons. The van der Waals surface area contributed by atoms with Gasteiger partial charge in [0.25, 0.3) is 0 Å². The summed E-state index contributed by atoms with van der Waals surface area (Å²) in [4.78, 5) is 33.5. The minimum absolute atomic E-state index is 0.0894. The van der Waals surface area contributed by atoms with Gasteiger partial charge in [-0.25, -0.2) is 9.78 Å². The maximum Gasteiger partial charge on any atom is 0.316 e. The first-order chi connectivity index (χ1) is 21.1. The summed E-state index contributed by atoms with van der Waals surface area (Å²) in [5.41, 5.74) is 0. The molecule has 0 bridgehead atoms. The van der Waals surface area contributed by atoms with Crippen LogP contribution in [0.3, 0.4) is 0 Å². The molecule has 0 amide bonds. The van der Waals surface area contributed by atoms with Crippen molar-refractivity contribution in [2.75, 3.05) is 113 Å². The molecule has 1 atom stereocenters. The van der Waals surface area contributed by atoms with Gasteiger partial charge in [-0.1, -0.05) is 23.5 Å². The van der Waals surface area contributed by atoms with Crippen LogP contribution in [0.1, 0.15) is 0 Å². The van der Waals surface area contributed by atoms with Crippen molar-refractivity contribution in [2.24, 2.45) is 0 Å². The zero-order valence-corrected chi connectivity index (χ0v) is 34.4. The fourth-order valence-corrected chi connectivity index (χ4v) is 16.1. The summed E-state index contributed by atoms with van der Waals surface area (Å²) < 4.78 is 17.2. The zero-order chi connectivity index (χ0) is 31.5. The van der Waals surface area contributed by atoms with Gasteiger partial charge in [0.15, 0.2) is 10.2 Å². The van der Waals surface area contributed by atoms with Gasteiger partial charge in [0.05, 0.1) is 31.3 Å². The van der Waals surface area contributed by atoms with Gasteiger partial charge in [0.1, 0.15) is 17.6 Å². The summed E-state index contributed by atoms with van der Waals surface area (Å²) in [5, 5.41) is 24.4. The summed E-state index contributed by atoms with van der Waals surface area (Å²) in [6.45, 7) is 0.778. The molecule has 0 aromatic rings. The van der Waals surface area contributed by atoms with Gasteiger partial charge in [-0.05, 0) is 11.2 Å². The van der Waals surface area contributed by atoms with Crippen LogP contribution in [0.5, 0.6) is 0 Å². The lowest BCUT2D eigenvalue weighted by Crippen LogP contribution is -2.11. The van der Waals surface area contributed by atoms with Gasteiger partial charge >= 0.3 is 5.97 Å². The molecule has 0 aliphatic rings. The molecule has 1 unspecified atom stereocenters. The number of thioether (sulfide) groups is 12. The van der Waals surface area contributed by atoms with Crippen LogP contribution in [-0.2, 0) is 35.3 Å². The van der Waals surface area contributed by atoms with Crippen LogP contribution in [0.2, 0.25) is 0 Å². The first kappa shape index (κ1) is 46.5. The molecule has 0 heterocycles. The normalized spacial score (nSPS) is 12.1. The van der Waals surface area contributed by atoms with Crippen LogP contribution in [0.4, 0.5) is 0 Å². The third kappa shape index (κ3) is 39.8. The smallest absolute Gasteiger partial charge is 0.316 e. The lowest BCUT2D eigenvalue weighted by atomic mass is 10.8. The standard InChI is InChI=1S/C22H42O8S13/c23-1-4-31-11-28-21(25)9-35-15-38-14-34-7-8-43(27)20-41-18-39-17-40-19-42-22(26)10-36-16-37-13-33-6-3-29-30-12-32-5-2-24/h23-24H,1-20H2. The lowest BCUT2D eigenvalue weighted by Gasteiger charge is -2.10. The van der Waals surface area contributed by atoms with E-state index >= 15 is 0 Å². The fourth-order valence-electron chi connectivity index (χ4n) is 1.96. The van der Waals surface area contributed by atoms with E-state index < -0.39 is 11.2 Å². The third-order valence-electron chi connectivity index (χ3n) is 3.71. The van der Waals surface area contributed by atoms with E-state index in [1.54, 1.807) is 94.1 Å². The zero-order valence-electron chi connectivity index (χ0n) is 23.8. The molecule has 8 nitrogen and oxygen atoms in total. The van der Waals surface area contributed by atoms with Gasteiger partial charge in [0.2, 0.25) is 0 Å². The van der Waals surface area contributed by atoms with Gasteiger partial charge in [0, 0.05) is 58.6 Å². The van der Waals surface area contributed by atoms with Crippen LogP contribution in [0.15, 0.2) is 0 Å². The summed E-state index contributed by atoms with van der Waals surface area (Å²) in [7, 11) is 0. The summed E-state index contributed by atoms with van der Waals surface area (Å²) in [6, 6.07) is 0. The molecule has 0 saturated heterocycles. The summed E-state index contributed by atoms with van der Waals surface area (Å²) in [6.07, 6.45) is 0. The molecule has 43 heavy (non-hydrogen) atoms. The van der Waals surface area contributed by atoms with Crippen molar-refractivity contribution in [3.63, 3.8) is 0 Å². The van der Waals surface area contributed by atoms with E-state index in [1.807, 2.05) is 0 Å². The Kier molecular flexibility index (Phi) is 43.2. The van der Waals surface area contributed by atoms with Crippen LogP contribution in [0.25, 0.3) is 0 Å². The third-order valence-corrected chi connectivity index (χ3v) is 19.5. The van der Waals surface area contributed by atoms with Crippen molar-refractivity contribution in [2.45, 2.75) is 0 Å². The van der Waals surface area contributed by atoms with Crippen LogP contribution in [0, 0.1) is 0 Å². The number of hydrogen-bond donors (Lipinski definition) is 2. The predicted octanol–water partition coefficient (Wildman–Crippen LogP) is 6.11. The fraction of sp³-hybridized carbons (Fsp3) is 0.909. The Morgan fingerprint density at radius 3 is 1.91 bits per heavy atom. The Balaban J connectivity index is 3.29. The molecule has 0 aromatic carbocycles. The SMILES string of the molecule is O=C(CSCSCSCC[S+]([O-])CSCSCSCSC(=O)CSCSCSCCOOCSCCO)OCSCCO. The van der Waals surface area contributed by atoms with Crippen molar-refractivity contribution < 1.29 is 38.9 Å². The first-order valence-corrected chi connectivity index (χ1v) is 27.7. The number of aliphatic hydroxyl groups is 2. The minimum Gasteiger partial charge on any atom is -0.616 e. The van der Waals surface area contributed by atoms with Crippen LogP contribution < -0.4 is 0 Å². The van der Waals surface area contributed by atoms with Crippen molar-refractivity contribution in [1.82, 2.24) is 0 Å². The van der Waals surface area contributed by atoms with Gasteiger partial charge in [-0.15, -0.1) is 118 Å². The average molecular weight is 851 g/mol. The van der Waals surface area contributed by atoms with Gasteiger partial charge < -0.3 is 19.5 Å². The molecule has 21 heteroatoms. The molecule has 2 N–H and O–H groups in total. The summed E-state index contributed by atoms with van der Waals surface area (Å²) >= 11 is 19.1. The molecule has 0 rings (SSSR count). The number of carbonyl (C=O) groups excluding carboxylic acids is 2. The predicted molar refractivity (Wildman–Crippen MR) is 214 cm³/mol. The minimum atomic E-state index is -0.808. The molecule has 0 aromatic heterocycles. The second-order valence-electron chi connectivity index (χ2n) is 7.09. The van der Waals surface area contributed by atoms with Gasteiger partial charge in [-0.2, -0.15) is 0 Å². The first-order valence-electron chi connectivity index (χ1n) is 12.6. The Morgan fingerprint density at radius 2 is 1.19 bits per heavy atom. The van der Waals surface area contributed by atoms with E-state index in [2.05, 4.69) is 0 Å². The number of carbonyl (C=O) groups is 2. The van der Waals surface area contributed by atoms with E-state index in [0.717, 1.165) is 47.1 Å². The van der Waals surface area contributed by atoms with E-state index in [0.29, 0.717) is 52.3 Å². The Labute approximate surface area is 311 Å². The Bertz CT molecular complexity index is 620. The molecule has 0 saturated carbocycles. The van der Waals surface area contributed by atoms with E-state index in [9.17, 15) is 14.1 Å². The van der Waals surface area contributed by atoms with Crippen LogP contribution in [-0.4, -0.2) is 138 Å². The largest absolute Gasteiger partial charge is 0.616 e. The maximum absolute atomic E-state index is 12.1. The number of ether oxygens (including phenoxy) is 1. The van der Waals surface area contributed by atoms with Crippen molar-refractivity contribution in [1.29, 1.82) is 0 Å². The second kappa shape index (κ2) is 39.9. The number of aliphatic hydroxyl groups excluding tert-OH is 2. The highest BCUT2D eigenvalue weighted by Gasteiger charge is 2.08. The van der Waals surface area contributed by atoms with Crippen molar-refractivity contribution in [3.05, 3.63) is 0 Å². The van der Waals surface area contributed by atoms with E-state index in [-0.39, 0.29) is 24.3 Å². The Hall–Kier alpha value is 3.49. The highest BCUT2D eigenvalue weighted by Crippen LogP contribution is 2.24. The topological polar surface area (TPSA) is 125 Å². The molecule has 0 spiro atoms. The summed E-state index contributed by atoms with van der Waals surface area (Å²) in [5.74, 6) is 5.05. The highest BCUT2D eigenvalue weighted by atomic mass is 32.3. The maximum atomic E-state index is 12.1. The molecular weight excluding hydrogens is 809 g/mol. The quantitative estimate of drug-likeness (QED) is 0.0190. The Morgan fingerprint density at radius 1 is 0.605 bits per heavy atom. The second-order valence-corrected chi connectivity index (χ2v) is 23.8. The molecule has 0 aliphatic carbocycles. The van der Waals surface area contributed by atoms with Crippen molar-refractivity contribution >= 4 is 163 Å². The average Bonchev–Trinajstić information content (AvgIpc) is 3.00.